The van der Waals surface area contributed by atoms with Crippen LogP contribution in [0.2, 0.25) is 10.0 Å². The van der Waals surface area contributed by atoms with E-state index in [1.165, 1.54) is 12.8 Å². The third-order valence-electron chi connectivity index (χ3n) is 18.8. The van der Waals surface area contributed by atoms with E-state index in [9.17, 15) is 0 Å². The molecular formula is C65H73Cl2F2KN11O2-. The minimum Gasteiger partial charge on any atom is -0.461 e. The molecule has 7 saturated heterocycles. The first-order valence-electron chi connectivity index (χ1n) is 29.7. The minimum atomic E-state index is -0.525. The van der Waals surface area contributed by atoms with Gasteiger partial charge in [0.1, 0.15) is 23.6 Å². The van der Waals surface area contributed by atoms with Crippen LogP contribution in [0.1, 0.15) is 97.0 Å². The Hall–Kier alpha value is -4.14. The molecule has 5 unspecified atom stereocenters. The monoisotopic (exact) mass is 1190 g/mol. The minimum absolute atomic E-state index is 0. The average molecular weight is 1190 g/mol. The summed E-state index contributed by atoms with van der Waals surface area (Å²) in [5.41, 5.74) is 2.81. The van der Waals surface area contributed by atoms with Gasteiger partial charge < -0.3 is 39.9 Å². The maximum Gasteiger partial charge on any atom is 1.00 e. The van der Waals surface area contributed by atoms with Crippen molar-refractivity contribution >= 4 is 67.3 Å². The fourth-order valence-electron chi connectivity index (χ4n) is 15.3. The van der Waals surface area contributed by atoms with Crippen LogP contribution in [0.15, 0.2) is 90.2 Å². The number of aliphatic imine (C=N–C) groups is 1. The number of aromatic nitrogens is 4. The van der Waals surface area contributed by atoms with E-state index in [4.69, 9.17) is 47.6 Å². The van der Waals surface area contributed by atoms with E-state index in [1.807, 2.05) is 72.8 Å². The fraction of sp³-hybridized carbons (Fsp3) is 0.477. The molecular weight excluding hydrogens is 1110 g/mol. The van der Waals surface area contributed by atoms with Crippen molar-refractivity contribution in [2.24, 2.45) is 10.4 Å². The number of likely N-dealkylation sites (tertiary alicyclic amines) is 2. The van der Waals surface area contributed by atoms with E-state index in [1.54, 1.807) is 19.1 Å². The molecule has 4 bridgehead atoms. The van der Waals surface area contributed by atoms with Crippen molar-refractivity contribution in [3.05, 3.63) is 125 Å². The Labute approximate surface area is 539 Å². The van der Waals surface area contributed by atoms with E-state index in [-0.39, 0.29) is 90.8 Å². The number of nitrogens with one attached hydrogen (secondary N) is 2. The SMILES string of the molecule is CCCC1(CO[CH-]/N=C(\c2[c-]c(F)c(-c3cccc4cccc(Cl)c34)nc2)N2CC3CCC(C2)N3)CC(C)(C)CN1C.Fc1c(-c2cccc3cccc(Cl)c23)ncc2c(N3CC4CCC(C3)N4)nc(OCC34CCCN3CCC4)nc12.[K+]. The predicted molar refractivity (Wildman–Crippen MR) is 324 cm³/mol. The molecule has 83 heavy (non-hydrogen) atoms. The molecule has 0 radical (unpaired) electrons. The molecule has 2 N–H and O–H groups in total. The van der Waals surface area contributed by atoms with Gasteiger partial charge >= 0.3 is 57.4 Å². The van der Waals surface area contributed by atoms with Gasteiger partial charge in [-0.15, -0.1) is 0 Å². The predicted octanol–water partition coefficient (Wildman–Crippen LogP) is 9.30. The van der Waals surface area contributed by atoms with Gasteiger partial charge in [0.25, 0.3) is 0 Å². The summed E-state index contributed by atoms with van der Waals surface area (Å²) in [4.78, 5) is 33.2. The van der Waals surface area contributed by atoms with Gasteiger partial charge in [-0.3, -0.25) is 14.8 Å². The van der Waals surface area contributed by atoms with E-state index in [0.29, 0.717) is 81.2 Å². The second kappa shape index (κ2) is 24.6. The molecule has 18 heteroatoms. The summed E-state index contributed by atoms with van der Waals surface area (Å²) in [6, 6.07) is 27.7. The van der Waals surface area contributed by atoms with Crippen LogP contribution in [0.3, 0.4) is 0 Å². The summed E-state index contributed by atoms with van der Waals surface area (Å²) in [7, 11) is 2.20. The Kier molecular flexibility index (Phi) is 17.5. The molecule has 0 spiro atoms. The van der Waals surface area contributed by atoms with Gasteiger partial charge in [-0.05, 0) is 125 Å². The number of nitrogens with zero attached hydrogens (tertiary/aromatic N) is 9. The van der Waals surface area contributed by atoms with Crippen molar-refractivity contribution < 1.29 is 69.6 Å². The molecule has 7 fully saturated rings. The number of likely N-dealkylation sites (N-methyl/N-ethyl adjacent to an activating group) is 1. The quantitative estimate of drug-likeness (QED) is 0.0377. The van der Waals surface area contributed by atoms with Crippen molar-refractivity contribution in [3.8, 4) is 28.5 Å². The molecule has 5 atom stereocenters. The molecule has 4 aromatic carbocycles. The first-order chi connectivity index (χ1) is 39.8. The van der Waals surface area contributed by atoms with Crippen LogP contribution in [-0.2, 0) is 4.74 Å². The van der Waals surface area contributed by atoms with E-state index < -0.39 is 11.6 Å². The van der Waals surface area contributed by atoms with Crippen molar-refractivity contribution in [2.75, 3.05) is 71.0 Å². The van der Waals surface area contributed by atoms with Gasteiger partial charge in [-0.25, -0.2) is 8.78 Å². The van der Waals surface area contributed by atoms with Crippen molar-refractivity contribution in [3.63, 3.8) is 0 Å². The molecule has 7 aliphatic rings. The number of amidine groups is 1. The zero-order valence-electron chi connectivity index (χ0n) is 48.5. The van der Waals surface area contributed by atoms with Gasteiger partial charge in [0.05, 0.1) is 23.3 Å². The van der Waals surface area contributed by atoms with Gasteiger partial charge in [0.2, 0.25) is 0 Å². The summed E-state index contributed by atoms with van der Waals surface area (Å²) in [6.45, 7) is 16.1. The molecule has 14 rings (SSSR count). The Morgan fingerprint density at radius 1 is 0.783 bits per heavy atom. The summed E-state index contributed by atoms with van der Waals surface area (Å²) in [5.74, 6) is 0.354. The number of fused-ring (bicyclic) bond motifs is 8. The van der Waals surface area contributed by atoms with Crippen molar-refractivity contribution in [1.82, 2.24) is 45.3 Å². The number of hydrogen-bond acceptors (Lipinski definition) is 12. The van der Waals surface area contributed by atoms with Gasteiger partial charge in [0.15, 0.2) is 5.82 Å². The zero-order chi connectivity index (χ0) is 56.3. The first-order valence-corrected chi connectivity index (χ1v) is 30.4. The maximum atomic E-state index is 16.6. The van der Waals surface area contributed by atoms with E-state index in [2.05, 4.69) is 74.1 Å². The summed E-state index contributed by atoms with van der Waals surface area (Å²) in [6.07, 6.45) is 15.8. The summed E-state index contributed by atoms with van der Waals surface area (Å²) in [5, 5.41) is 12.5. The van der Waals surface area contributed by atoms with Crippen LogP contribution in [0.5, 0.6) is 6.01 Å². The zero-order valence-corrected chi connectivity index (χ0v) is 53.1. The number of benzene rings is 4. The third-order valence-corrected chi connectivity index (χ3v) is 19.4. The Morgan fingerprint density at radius 2 is 1.37 bits per heavy atom. The van der Waals surface area contributed by atoms with Crippen LogP contribution >= 0.6 is 23.2 Å². The largest absolute Gasteiger partial charge is 1.00 e. The average Bonchev–Trinajstić information content (AvgIpc) is 4.49. The number of rotatable bonds is 13. The molecule has 7 aromatic rings. The normalized spacial score (nSPS) is 24.6. The van der Waals surface area contributed by atoms with Crippen LogP contribution in [0.4, 0.5) is 14.6 Å². The van der Waals surface area contributed by atoms with Crippen LogP contribution in [0, 0.1) is 29.8 Å². The Morgan fingerprint density at radius 3 is 1.96 bits per heavy atom. The van der Waals surface area contributed by atoms with E-state index in [0.717, 1.165) is 125 Å². The molecule has 7 aliphatic heterocycles. The van der Waals surface area contributed by atoms with Crippen LogP contribution in [-0.4, -0.2) is 142 Å². The molecule has 0 amide bonds. The Bertz CT molecular complexity index is 3530. The summed E-state index contributed by atoms with van der Waals surface area (Å²) < 4.78 is 45.0. The standard InChI is InChI=1S/C34H41ClFN5O.C31H32ClFN6O.K/c1-5-14-34(19-33(2,3)20-40(34)4)21-42-22-38-32(41-17-25-12-13-26(18-41)39-25)24-15-29(36)31(37-16-24)27-10-6-8-23-9-7-11-28(35)30(23)27;32-24-8-2-6-19-5-1-7-22(25(19)24)27-26(33)28-23(15-34-27)29(38-16-20-9-10-21(17-38)35-20)37-30(36-28)40-18-31-11-3-13-39(31)14-4-12-31;/h6-11,16,22,25-26,39H,5,12-14,17-21H2,1-4H3;1-2,5-8,15,20-21,35H,3-4,9-14,16-18H2;/q-2;;+1/b38-32+;;. The fourth-order valence-corrected chi connectivity index (χ4v) is 15.8. The Balaban J connectivity index is 0.000000162. The number of ether oxygens (including phenoxy) is 2. The van der Waals surface area contributed by atoms with Gasteiger partial charge in [0, 0.05) is 107 Å². The number of pyridine rings is 2. The molecule has 13 nitrogen and oxygen atoms in total. The topological polar surface area (TPSA) is 119 Å². The van der Waals surface area contributed by atoms with Crippen LogP contribution < -0.4 is 71.7 Å². The third kappa shape index (κ3) is 11.8. The van der Waals surface area contributed by atoms with Crippen LogP contribution in [0.25, 0.3) is 55.0 Å². The molecule has 0 aliphatic carbocycles. The number of anilines is 1. The van der Waals surface area contributed by atoms with Crippen molar-refractivity contribution in [2.45, 2.75) is 127 Å². The first kappa shape index (κ1) is 59.2. The summed E-state index contributed by atoms with van der Waals surface area (Å²) >= 11 is 13.1. The van der Waals surface area contributed by atoms with E-state index >= 15 is 8.78 Å². The molecule has 430 valence electrons. The molecule has 0 saturated carbocycles. The second-order valence-electron chi connectivity index (χ2n) is 25.1. The molecule has 10 heterocycles. The smallest absolute Gasteiger partial charge is 0.461 e. The number of piperazine rings is 2. The van der Waals surface area contributed by atoms with Crippen molar-refractivity contribution in [1.29, 1.82) is 0 Å². The number of halogens is 4. The van der Waals surface area contributed by atoms with Gasteiger partial charge in [-0.2, -0.15) is 9.97 Å². The number of hydrogen-bond donors (Lipinski definition) is 2. The second-order valence-corrected chi connectivity index (χ2v) is 25.9. The maximum absolute atomic E-state index is 16.6. The van der Waals surface area contributed by atoms with Gasteiger partial charge in [-0.1, -0.05) is 129 Å². The molecule has 3 aromatic heterocycles.